The molecule has 2 fully saturated rings. The molecule has 1 aromatic carbocycles. The van der Waals surface area contributed by atoms with Crippen LogP contribution >= 0.6 is 24.0 Å². The summed E-state index contributed by atoms with van der Waals surface area (Å²) in [5.74, 6) is 0.718. The minimum atomic E-state index is -3.07. The van der Waals surface area contributed by atoms with Crippen LogP contribution in [0.15, 0.2) is 40.8 Å². The normalized spacial score (nSPS) is 26.6. The van der Waals surface area contributed by atoms with Gasteiger partial charge in [-0.1, -0.05) is 42.2 Å². The van der Waals surface area contributed by atoms with Crippen molar-refractivity contribution in [3.8, 4) is 5.75 Å². The van der Waals surface area contributed by atoms with E-state index in [1.807, 2.05) is 30.3 Å². The highest BCUT2D eigenvalue weighted by Crippen LogP contribution is 2.36. The molecular weight excluding hydrogens is 378 g/mol. The second-order valence-corrected chi connectivity index (χ2v) is 10.1. The molecule has 5 nitrogen and oxygen atoms in total. The number of nitrogens with zero attached hydrogens (tertiary/aromatic N) is 1. The van der Waals surface area contributed by atoms with Gasteiger partial charge in [0.15, 0.2) is 9.84 Å². The maximum absolute atomic E-state index is 12.7. The van der Waals surface area contributed by atoms with Crippen molar-refractivity contribution in [3.63, 3.8) is 0 Å². The Balaban J connectivity index is 1.58. The number of amides is 1. The Labute approximate surface area is 155 Å². The molecule has 0 N–H and O–H groups in total. The first-order valence-electron chi connectivity index (χ1n) is 7.83. The van der Waals surface area contributed by atoms with Crippen LogP contribution in [0.3, 0.4) is 0 Å². The molecule has 0 aromatic heterocycles. The molecule has 0 unspecified atom stereocenters. The number of sulfone groups is 1. The first-order valence-corrected chi connectivity index (χ1v) is 10.9. The van der Waals surface area contributed by atoms with Crippen molar-refractivity contribution >= 4 is 50.1 Å². The van der Waals surface area contributed by atoms with E-state index in [4.69, 9.17) is 17.0 Å². The van der Waals surface area contributed by atoms with Crippen LogP contribution in [0.1, 0.15) is 12.0 Å². The predicted molar refractivity (Wildman–Crippen MR) is 102 cm³/mol. The van der Waals surface area contributed by atoms with Crippen LogP contribution in [0, 0.1) is 0 Å². The molecule has 3 heterocycles. The molecule has 0 radical (unpaired) electrons. The Morgan fingerprint density at radius 3 is 2.88 bits per heavy atom. The van der Waals surface area contributed by atoms with E-state index < -0.39 is 9.84 Å². The monoisotopic (exact) mass is 393 g/mol. The summed E-state index contributed by atoms with van der Waals surface area (Å²) in [5, 5.41) is 0. The molecule has 1 amide bonds. The van der Waals surface area contributed by atoms with Gasteiger partial charge >= 0.3 is 0 Å². The van der Waals surface area contributed by atoms with Gasteiger partial charge in [-0.3, -0.25) is 9.69 Å². The third-order valence-corrected chi connectivity index (χ3v) is 7.45. The molecular formula is C17H15NO4S3. The Hall–Kier alpha value is -1.64. The Morgan fingerprint density at radius 1 is 1.32 bits per heavy atom. The molecule has 130 valence electrons. The lowest BCUT2D eigenvalue weighted by Crippen LogP contribution is -2.39. The van der Waals surface area contributed by atoms with Crippen molar-refractivity contribution in [1.82, 2.24) is 4.90 Å². The summed E-state index contributed by atoms with van der Waals surface area (Å²) in [6.45, 7) is 0.388. The third-order valence-electron chi connectivity index (χ3n) is 4.37. The second-order valence-electron chi connectivity index (χ2n) is 6.15. The fourth-order valence-corrected chi connectivity index (χ4v) is 6.27. The summed E-state index contributed by atoms with van der Waals surface area (Å²) < 4.78 is 29.5. The molecule has 1 atom stereocenters. The van der Waals surface area contributed by atoms with Crippen molar-refractivity contribution in [2.75, 3.05) is 18.1 Å². The van der Waals surface area contributed by atoms with Crippen LogP contribution in [0.4, 0.5) is 0 Å². The van der Waals surface area contributed by atoms with Crippen molar-refractivity contribution in [2.24, 2.45) is 0 Å². The van der Waals surface area contributed by atoms with Crippen molar-refractivity contribution in [1.29, 1.82) is 0 Å². The lowest BCUT2D eigenvalue weighted by atomic mass is 10.1. The van der Waals surface area contributed by atoms with E-state index in [1.165, 1.54) is 16.7 Å². The molecule has 25 heavy (non-hydrogen) atoms. The van der Waals surface area contributed by atoms with Gasteiger partial charge in [0.1, 0.15) is 16.7 Å². The number of ether oxygens (including phenoxy) is 1. The molecule has 4 rings (SSSR count). The fourth-order valence-electron chi connectivity index (χ4n) is 3.16. The van der Waals surface area contributed by atoms with Crippen molar-refractivity contribution < 1.29 is 17.9 Å². The smallest absolute Gasteiger partial charge is 0.266 e. The van der Waals surface area contributed by atoms with E-state index in [-0.39, 0.29) is 23.5 Å². The molecule has 0 bridgehead atoms. The molecule has 3 aliphatic rings. The summed E-state index contributed by atoms with van der Waals surface area (Å²) in [5.41, 5.74) is 1.86. The van der Waals surface area contributed by atoms with E-state index in [1.54, 1.807) is 6.08 Å². The zero-order chi connectivity index (χ0) is 17.6. The van der Waals surface area contributed by atoms with Gasteiger partial charge in [-0.15, -0.1) is 0 Å². The van der Waals surface area contributed by atoms with Gasteiger partial charge in [-0.25, -0.2) is 8.42 Å². The minimum Gasteiger partial charge on any atom is -0.488 e. The van der Waals surface area contributed by atoms with E-state index >= 15 is 0 Å². The molecule has 0 saturated carbocycles. The van der Waals surface area contributed by atoms with Gasteiger partial charge in [0.2, 0.25) is 0 Å². The summed E-state index contributed by atoms with van der Waals surface area (Å²) in [6.07, 6.45) is 4.23. The zero-order valence-electron chi connectivity index (χ0n) is 13.2. The number of carbonyl (C=O) groups is 1. The van der Waals surface area contributed by atoms with Gasteiger partial charge in [-0.05, 0) is 30.2 Å². The largest absolute Gasteiger partial charge is 0.488 e. The van der Waals surface area contributed by atoms with Gasteiger partial charge in [0.25, 0.3) is 5.91 Å². The quantitative estimate of drug-likeness (QED) is 0.568. The fraction of sp³-hybridized carbons (Fsp3) is 0.294. The Kier molecular flexibility index (Phi) is 4.21. The summed E-state index contributed by atoms with van der Waals surface area (Å²) in [7, 11) is -3.07. The Morgan fingerprint density at radius 2 is 2.12 bits per heavy atom. The average Bonchev–Trinajstić information content (AvgIpc) is 3.06. The molecule has 0 aliphatic carbocycles. The highest BCUT2D eigenvalue weighted by molar-refractivity contribution is 8.26. The lowest BCUT2D eigenvalue weighted by molar-refractivity contribution is -0.123. The van der Waals surface area contributed by atoms with E-state index in [2.05, 4.69) is 0 Å². The number of para-hydroxylation sites is 1. The van der Waals surface area contributed by atoms with E-state index in [9.17, 15) is 13.2 Å². The molecule has 2 saturated heterocycles. The highest BCUT2D eigenvalue weighted by Gasteiger charge is 2.42. The number of fused-ring (bicyclic) bond motifs is 1. The number of hydrogen-bond donors (Lipinski definition) is 0. The predicted octanol–water partition coefficient (Wildman–Crippen LogP) is 2.39. The number of hydrogen-bond acceptors (Lipinski definition) is 6. The highest BCUT2D eigenvalue weighted by atomic mass is 32.2. The maximum Gasteiger partial charge on any atom is 0.266 e. The van der Waals surface area contributed by atoms with E-state index in [0.29, 0.717) is 22.3 Å². The van der Waals surface area contributed by atoms with Crippen LogP contribution < -0.4 is 4.74 Å². The van der Waals surface area contributed by atoms with Gasteiger partial charge in [-0.2, -0.15) is 0 Å². The standard InChI is InChI=1S/C17H15NO4S3/c19-16-15(8-11-7-12-3-1-2-4-14(12)22-9-11)24-17(23)18(16)13-5-6-25(20,21)10-13/h1-4,7-8,13H,5-6,9-10H2/b15-8-/t13-/m1/s1. The van der Waals surface area contributed by atoms with Gasteiger partial charge < -0.3 is 4.74 Å². The van der Waals surface area contributed by atoms with Crippen molar-refractivity contribution in [2.45, 2.75) is 12.5 Å². The average molecular weight is 394 g/mol. The van der Waals surface area contributed by atoms with Crippen LogP contribution in [0.2, 0.25) is 0 Å². The number of thiocarbonyl (C=S) groups is 1. The Bertz CT molecular complexity index is 933. The first-order chi connectivity index (χ1) is 11.9. The summed E-state index contributed by atoms with van der Waals surface area (Å²) >= 11 is 6.54. The number of carbonyl (C=O) groups excluding carboxylic acids is 1. The second kappa shape index (κ2) is 6.26. The van der Waals surface area contributed by atoms with Crippen LogP contribution in [-0.2, 0) is 14.6 Å². The molecule has 3 aliphatic heterocycles. The van der Waals surface area contributed by atoms with Crippen molar-refractivity contribution in [3.05, 3.63) is 46.4 Å². The summed E-state index contributed by atoms with van der Waals surface area (Å²) in [4.78, 5) is 14.7. The molecule has 0 spiro atoms. The van der Waals surface area contributed by atoms with Crippen LogP contribution in [0.25, 0.3) is 6.08 Å². The van der Waals surface area contributed by atoms with Gasteiger partial charge in [0, 0.05) is 5.56 Å². The molecule has 1 aromatic rings. The number of thioether (sulfide) groups is 1. The lowest BCUT2D eigenvalue weighted by Gasteiger charge is -2.21. The number of benzene rings is 1. The van der Waals surface area contributed by atoms with E-state index in [0.717, 1.165) is 16.9 Å². The van der Waals surface area contributed by atoms with Crippen LogP contribution in [-0.4, -0.2) is 47.7 Å². The minimum absolute atomic E-state index is 0.00803. The molecule has 8 heteroatoms. The topological polar surface area (TPSA) is 63.7 Å². The summed E-state index contributed by atoms with van der Waals surface area (Å²) in [6, 6.07) is 7.36. The number of rotatable bonds is 2. The first kappa shape index (κ1) is 16.8. The van der Waals surface area contributed by atoms with Gasteiger partial charge in [0.05, 0.1) is 22.5 Å². The zero-order valence-corrected chi connectivity index (χ0v) is 15.6. The SMILES string of the molecule is O=C1/C(=C/C2=Cc3ccccc3OC2)SC(=S)N1[C@@H]1CCS(=O)(=O)C1. The third kappa shape index (κ3) is 3.26. The maximum atomic E-state index is 12.7. The van der Waals surface area contributed by atoms with Crippen LogP contribution in [0.5, 0.6) is 5.75 Å².